The maximum atomic E-state index is 13.5. The van der Waals surface area contributed by atoms with Crippen molar-refractivity contribution in [3.63, 3.8) is 0 Å². The standard InChI is InChI=1S/C26H24Cl2N6O2/c27-19-4-2-18(3-5-19)15-31-24(35)17-32-10-12-33(13-11-32)25(36)22-16-34(26-29-8-1-9-30-26)23-14-20(28)6-7-21(22)23/h1-9,14,16H,10-13,15,17H2,(H,31,35). The van der Waals surface area contributed by atoms with Gasteiger partial charge in [0.05, 0.1) is 17.6 Å². The van der Waals surface area contributed by atoms with Gasteiger partial charge in [0, 0.05) is 66.7 Å². The third kappa shape index (κ3) is 5.36. The lowest BCUT2D eigenvalue weighted by atomic mass is 10.1. The summed E-state index contributed by atoms with van der Waals surface area (Å²) in [4.78, 5) is 38.4. The van der Waals surface area contributed by atoms with E-state index in [4.69, 9.17) is 23.2 Å². The van der Waals surface area contributed by atoms with Crippen LogP contribution in [0.25, 0.3) is 16.9 Å². The SMILES string of the molecule is O=C(CN1CCN(C(=O)c2cn(-c3ncccn3)c3cc(Cl)ccc23)CC1)NCc1ccc(Cl)cc1. The Kier molecular flexibility index (Phi) is 7.18. The first-order valence-electron chi connectivity index (χ1n) is 11.6. The third-order valence-corrected chi connectivity index (χ3v) is 6.68. The number of hydrogen-bond acceptors (Lipinski definition) is 5. The minimum atomic E-state index is -0.0659. The topological polar surface area (TPSA) is 83.4 Å². The molecule has 1 saturated heterocycles. The van der Waals surface area contributed by atoms with Crippen molar-refractivity contribution in [1.29, 1.82) is 0 Å². The monoisotopic (exact) mass is 522 g/mol. The summed E-state index contributed by atoms with van der Waals surface area (Å²) in [6, 6.07) is 14.6. The molecule has 0 radical (unpaired) electrons. The third-order valence-electron chi connectivity index (χ3n) is 6.20. The van der Waals surface area contributed by atoms with Crippen molar-refractivity contribution in [2.24, 2.45) is 0 Å². The number of aromatic nitrogens is 3. The number of piperazine rings is 1. The minimum absolute atomic E-state index is 0.0486. The fraction of sp³-hybridized carbons (Fsp3) is 0.231. The quantitative estimate of drug-likeness (QED) is 0.416. The van der Waals surface area contributed by atoms with Crippen LogP contribution in [-0.2, 0) is 11.3 Å². The lowest BCUT2D eigenvalue weighted by molar-refractivity contribution is -0.122. The molecule has 0 aliphatic carbocycles. The van der Waals surface area contributed by atoms with Crippen molar-refractivity contribution >= 4 is 45.9 Å². The van der Waals surface area contributed by atoms with E-state index in [0.29, 0.717) is 60.8 Å². The van der Waals surface area contributed by atoms with Gasteiger partial charge in [0.25, 0.3) is 5.91 Å². The van der Waals surface area contributed by atoms with Crippen molar-refractivity contribution in [1.82, 2.24) is 29.7 Å². The maximum absolute atomic E-state index is 13.5. The summed E-state index contributed by atoms with van der Waals surface area (Å²) in [5.41, 5.74) is 2.33. The van der Waals surface area contributed by atoms with E-state index in [1.807, 2.05) is 29.2 Å². The molecule has 2 aromatic heterocycles. The van der Waals surface area contributed by atoms with Gasteiger partial charge in [-0.2, -0.15) is 0 Å². The highest BCUT2D eigenvalue weighted by atomic mass is 35.5. The average Bonchev–Trinajstić information content (AvgIpc) is 3.27. The number of nitrogens with zero attached hydrogens (tertiary/aromatic N) is 5. The molecular weight excluding hydrogens is 499 g/mol. The van der Waals surface area contributed by atoms with Crippen LogP contribution in [0.3, 0.4) is 0 Å². The highest BCUT2D eigenvalue weighted by Crippen LogP contribution is 2.28. The summed E-state index contributed by atoms with van der Waals surface area (Å²) >= 11 is 12.2. The van der Waals surface area contributed by atoms with Crippen LogP contribution in [0.1, 0.15) is 15.9 Å². The Labute approximate surface area is 218 Å². The van der Waals surface area contributed by atoms with Gasteiger partial charge in [-0.15, -0.1) is 0 Å². The summed E-state index contributed by atoms with van der Waals surface area (Å²) in [7, 11) is 0. The van der Waals surface area contributed by atoms with Crippen LogP contribution in [0.4, 0.5) is 0 Å². The first-order chi connectivity index (χ1) is 17.5. The number of halogens is 2. The average molecular weight is 523 g/mol. The molecule has 10 heteroatoms. The van der Waals surface area contributed by atoms with Crippen molar-refractivity contribution < 1.29 is 9.59 Å². The number of hydrogen-bond donors (Lipinski definition) is 1. The van der Waals surface area contributed by atoms with Crippen LogP contribution >= 0.6 is 23.2 Å². The van der Waals surface area contributed by atoms with Gasteiger partial charge in [0.15, 0.2) is 0 Å². The van der Waals surface area contributed by atoms with Gasteiger partial charge in [-0.25, -0.2) is 9.97 Å². The first-order valence-corrected chi connectivity index (χ1v) is 12.3. The normalized spacial score (nSPS) is 14.2. The Morgan fingerprint density at radius 3 is 2.33 bits per heavy atom. The zero-order chi connectivity index (χ0) is 25.1. The number of fused-ring (bicyclic) bond motifs is 1. The van der Waals surface area contributed by atoms with Crippen LogP contribution < -0.4 is 5.32 Å². The predicted octanol–water partition coefficient (Wildman–Crippen LogP) is 3.80. The van der Waals surface area contributed by atoms with E-state index in [1.54, 1.807) is 47.4 Å². The Hall–Kier alpha value is -3.46. The Morgan fingerprint density at radius 2 is 1.61 bits per heavy atom. The molecule has 8 nitrogen and oxygen atoms in total. The Bertz CT molecular complexity index is 1380. The number of rotatable bonds is 6. The molecule has 184 valence electrons. The molecule has 1 aliphatic rings. The lowest BCUT2D eigenvalue weighted by Gasteiger charge is -2.34. The zero-order valence-electron chi connectivity index (χ0n) is 19.4. The van der Waals surface area contributed by atoms with Gasteiger partial charge >= 0.3 is 0 Å². The second kappa shape index (κ2) is 10.7. The number of nitrogens with one attached hydrogen (secondary N) is 1. The molecule has 2 aromatic carbocycles. The fourth-order valence-corrected chi connectivity index (χ4v) is 4.59. The molecule has 1 fully saturated rings. The van der Waals surface area contributed by atoms with Crippen LogP contribution in [0.2, 0.25) is 10.0 Å². The smallest absolute Gasteiger partial charge is 0.256 e. The Balaban J connectivity index is 1.22. The number of amides is 2. The predicted molar refractivity (Wildman–Crippen MR) is 140 cm³/mol. The molecule has 4 aromatic rings. The fourth-order valence-electron chi connectivity index (χ4n) is 4.29. The van der Waals surface area contributed by atoms with Crippen molar-refractivity contribution in [3.8, 4) is 5.95 Å². The van der Waals surface area contributed by atoms with Gasteiger partial charge in [-0.3, -0.25) is 19.1 Å². The molecule has 1 N–H and O–H groups in total. The van der Waals surface area contributed by atoms with Gasteiger partial charge < -0.3 is 10.2 Å². The van der Waals surface area contributed by atoms with Crippen molar-refractivity contribution in [2.45, 2.75) is 6.54 Å². The highest BCUT2D eigenvalue weighted by Gasteiger charge is 2.26. The van der Waals surface area contributed by atoms with Gasteiger partial charge in [-0.05, 0) is 35.9 Å². The first kappa shape index (κ1) is 24.2. The molecule has 3 heterocycles. The van der Waals surface area contributed by atoms with Crippen LogP contribution in [0.5, 0.6) is 0 Å². The zero-order valence-corrected chi connectivity index (χ0v) is 20.9. The lowest BCUT2D eigenvalue weighted by Crippen LogP contribution is -2.51. The van der Waals surface area contributed by atoms with Crippen LogP contribution in [0, 0.1) is 0 Å². The van der Waals surface area contributed by atoms with Gasteiger partial charge in [0.2, 0.25) is 11.9 Å². The maximum Gasteiger partial charge on any atom is 0.256 e. The van der Waals surface area contributed by atoms with Crippen molar-refractivity contribution in [2.75, 3.05) is 32.7 Å². The summed E-state index contributed by atoms with van der Waals surface area (Å²) < 4.78 is 1.79. The van der Waals surface area contributed by atoms with E-state index in [0.717, 1.165) is 16.5 Å². The number of carbonyl (C=O) groups excluding carboxylic acids is 2. The molecule has 0 spiro atoms. The largest absolute Gasteiger partial charge is 0.351 e. The molecule has 0 atom stereocenters. The van der Waals surface area contributed by atoms with Crippen LogP contribution in [0.15, 0.2) is 67.1 Å². The highest BCUT2D eigenvalue weighted by molar-refractivity contribution is 6.31. The summed E-state index contributed by atoms with van der Waals surface area (Å²) in [6.07, 6.45) is 5.09. The summed E-state index contributed by atoms with van der Waals surface area (Å²) in [5.74, 6) is 0.356. The molecule has 2 amide bonds. The van der Waals surface area contributed by atoms with E-state index >= 15 is 0 Å². The van der Waals surface area contributed by atoms with Crippen LogP contribution in [-0.4, -0.2) is 68.9 Å². The second-order valence-electron chi connectivity index (χ2n) is 8.59. The van der Waals surface area contributed by atoms with Gasteiger partial charge in [-0.1, -0.05) is 41.4 Å². The molecular formula is C26H24Cl2N6O2. The van der Waals surface area contributed by atoms with E-state index in [-0.39, 0.29) is 11.8 Å². The molecule has 0 unspecified atom stereocenters. The van der Waals surface area contributed by atoms with E-state index in [1.165, 1.54) is 0 Å². The van der Waals surface area contributed by atoms with E-state index in [2.05, 4.69) is 20.2 Å². The van der Waals surface area contributed by atoms with E-state index in [9.17, 15) is 9.59 Å². The molecule has 0 saturated carbocycles. The summed E-state index contributed by atoms with van der Waals surface area (Å²) in [5, 5.41) is 4.97. The number of benzene rings is 2. The summed E-state index contributed by atoms with van der Waals surface area (Å²) in [6.45, 7) is 3.04. The molecule has 0 bridgehead atoms. The van der Waals surface area contributed by atoms with Crippen molar-refractivity contribution in [3.05, 3.63) is 88.3 Å². The van der Waals surface area contributed by atoms with E-state index < -0.39 is 0 Å². The molecule has 5 rings (SSSR count). The number of carbonyl (C=O) groups is 2. The Morgan fingerprint density at radius 1 is 0.917 bits per heavy atom. The second-order valence-corrected chi connectivity index (χ2v) is 9.47. The molecule has 36 heavy (non-hydrogen) atoms. The molecule has 1 aliphatic heterocycles. The van der Waals surface area contributed by atoms with Gasteiger partial charge in [0.1, 0.15) is 0 Å². The minimum Gasteiger partial charge on any atom is -0.351 e.